The van der Waals surface area contributed by atoms with Crippen molar-refractivity contribution in [2.24, 2.45) is 7.05 Å². The van der Waals surface area contributed by atoms with Crippen LogP contribution >= 0.6 is 0 Å². The number of aromatic carboxylic acids is 1. The Kier molecular flexibility index (Phi) is 4.54. The van der Waals surface area contributed by atoms with E-state index in [9.17, 15) is 9.59 Å². The number of carbonyl (C=O) groups excluding carboxylic acids is 1. The lowest BCUT2D eigenvalue weighted by molar-refractivity contribution is 0.0696. The zero-order valence-corrected chi connectivity index (χ0v) is 13.8. The highest BCUT2D eigenvalue weighted by atomic mass is 16.4. The normalized spacial score (nSPS) is 11.3. The lowest BCUT2D eigenvalue weighted by Gasteiger charge is -2.13. The highest BCUT2D eigenvalue weighted by Crippen LogP contribution is 2.21. The van der Waals surface area contributed by atoms with Crippen LogP contribution in [0.5, 0.6) is 0 Å². The third-order valence-corrected chi connectivity index (χ3v) is 3.53. The number of aromatic nitrogens is 2. The van der Waals surface area contributed by atoms with Gasteiger partial charge >= 0.3 is 5.97 Å². The molecule has 2 rings (SSSR count). The quantitative estimate of drug-likeness (QED) is 0.907. The van der Waals surface area contributed by atoms with Gasteiger partial charge in [0.15, 0.2) is 0 Å². The van der Waals surface area contributed by atoms with Crippen LogP contribution in [0.25, 0.3) is 0 Å². The first kappa shape index (κ1) is 16.7. The first-order chi connectivity index (χ1) is 10.7. The number of carboxylic acids is 1. The van der Waals surface area contributed by atoms with E-state index in [2.05, 4.69) is 10.4 Å². The summed E-state index contributed by atoms with van der Waals surface area (Å²) in [7, 11) is 1.74. The van der Waals surface area contributed by atoms with Gasteiger partial charge in [-0.1, -0.05) is 32.9 Å². The fourth-order valence-corrected chi connectivity index (χ4v) is 2.08. The number of hydrogen-bond acceptors (Lipinski definition) is 3. The number of nitrogens with one attached hydrogen (secondary N) is 1. The molecular weight excluding hydrogens is 294 g/mol. The van der Waals surface area contributed by atoms with Crippen molar-refractivity contribution in [1.82, 2.24) is 15.1 Å². The molecule has 0 atom stereocenters. The van der Waals surface area contributed by atoms with Crippen LogP contribution in [0.15, 0.2) is 30.3 Å². The number of aryl methyl sites for hydroxylation is 1. The molecule has 0 bridgehead atoms. The van der Waals surface area contributed by atoms with E-state index in [1.807, 2.05) is 20.8 Å². The van der Waals surface area contributed by atoms with Gasteiger partial charge in [0, 0.05) is 19.0 Å². The Morgan fingerprint density at radius 1 is 1.22 bits per heavy atom. The first-order valence-corrected chi connectivity index (χ1v) is 7.33. The molecule has 0 fully saturated rings. The molecule has 1 heterocycles. The molecule has 0 aliphatic rings. The number of amides is 1. The molecule has 6 heteroatoms. The number of rotatable bonds is 4. The van der Waals surface area contributed by atoms with Gasteiger partial charge in [-0.25, -0.2) is 4.79 Å². The maximum atomic E-state index is 12.3. The minimum Gasteiger partial charge on any atom is -0.478 e. The predicted octanol–water partition coefficient (Wildman–Crippen LogP) is 2.35. The molecule has 0 aliphatic carbocycles. The Morgan fingerprint density at radius 3 is 2.30 bits per heavy atom. The van der Waals surface area contributed by atoms with Crippen molar-refractivity contribution in [3.8, 4) is 0 Å². The van der Waals surface area contributed by atoms with Crippen LogP contribution in [0.2, 0.25) is 0 Å². The molecule has 122 valence electrons. The summed E-state index contributed by atoms with van der Waals surface area (Å²) >= 11 is 0. The second-order valence-corrected chi connectivity index (χ2v) is 6.47. The van der Waals surface area contributed by atoms with Crippen LogP contribution < -0.4 is 5.32 Å². The standard InChI is InChI=1S/C17H21N3O3/c1-17(2,3)14-9-13(20(4)19-14)15(21)18-10-11-5-7-12(8-6-11)16(22)23/h5-9H,10H2,1-4H3,(H,18,21)(H,22,23). The van der Waals surface area contributed by atoms with Gasteiger partial charge in [-0.2, -0.15) is 5.10 Å². The SMILES string of the molecule is Cn1nc(C(C)(C)C)cc1C(=O)NCc1ccc(C(=O)O)cc1. The van der Waals surface area contributed by atoms with Crippen molar-refractivity contribution < 1.29 is 14.7 Å². The predicted molar refractivity (Wildman–Crippen MR) is 86.5 cm³/mol. The summed E-state index contributed by atoms with van der Waals surface area (Å²) in [5, 5.41) is 16.1. The van der Waals surface area contributed by atoms with Gasteiger partial charge in [0.05, 0.1) is 11.3 Å². The number of benzene rings is 1. The molecule has 1 amide bonds. The minimum absolute atomic E-state index is 0.122. The molecule has 0 aliphatic heterocycles. The summed E-state index contributed by atoms with van der Waals surface area (Å²) in [6.07, 6.45) is 0. The lowest BCUT2D eigenvalue weighted by atomic mass is 9.92. The number of nitrogens with zero attached hydrogens (tertiary/aromatic N) is 2. The summed E-state index contributed by atoms with van der Waals surface area (Å²) in [5.41, 5.74) is 2.29. The lowest BCUT2D eigenvalue weighted by Crippen LogP contribution is -2.25. The van der Waals surface area contributed by atoms with Crippen molar-refractivity contribution in [2.75, 3.05) is 0 Å². The highest BCUT2D eigenvalue weighted by molar-refractivity contribution is 5.92. The van der Waals surface area contributed by atoms with E-state index in [0.717, 1.165) is 11.3 Å². The van der Waals surface area contributed by atoms with Crippen molar-refractivity contribution in [1.29, 1.82) is 0 Å². The molecule has 0 unspecified atom stereocenters. The summed E-state index contributed by atoms with van der Waals surface area (Å²) in [6.45, 7) is 6.46. The molecule has 0 saturated heterocycles. The summed E-state index contributed by atoms with van der Waals surface area (Å²) in [5.74, 6) is -1.18. The molecule has 0 spiro atoms. The zero-order valence-electron chi connectivity index (χ0n) is 13.8. The maximum absolute atomic E-state index is 12.3. The molecule has 2 aromatic rings. The largest absolute Gasteiger partial charge is 0.478 e. The fraction of sp³-hybridized carbons (Fsp3) is 0.353. The summed E-state index contributed by atoms with van der Waals surface area (Å²) in [6, 6.07) is 8.21. The van der Waals surface area contributed by atoms with E-state index >= 15 is 0 Å². The average Bonchev–Trinajstić information content (AvgIpc) is 2.87. The van der Waals surface area contributed by atoms with E-state index < -0.39 is 5.97 Å². The summed E-state index contributed by atoms with van der Waals surface area (Å²) < 4.78 is 1.57. The molecule has 1 aromatic carbocycles. The minimum atomic E-state index is -0.967. The van der Waals surface area contributed by atoms with Gasteiger partial charge in [-0.3, -0.25) is 9.48 Å². The molecule has 23 heavy (non-hydrogen) atoms. The summed E-state index contributed by atoms with van der Waals surface area (Å²) in [4.78, 5) is 23.1. The van der Waals surface area contributed by atoms with E-state index in [-0.39, 0.29) is 16.9 Å². The van der Waals surface area contributed by atoms with Gasteiger partial charge in [0.25, 0.3) is 5.91 Å². The van der Waals surface area contributed by atoms with E-state index in [1.165, 1.54) is 12.1 Å². The number of hydrogen-bond donors (Lipinski definition) is 2. The number of carbonyl (C=O) groups is 2. The molecule has 0 radical (unpaired) electrons. The first-order valence-electron chi connectivity index (χ1n) is 7.33. The van der Waals surface area contributed by atoms with Crippen LogP contribution in [-0.4, -0.2) is 26.8 Å². The zero-order chi connectivity index (χ0) is 17.2. The van der Waals surface area contributed by atoms with E-state index in [1.54, 1.807) is 29.9 Å². The van der Waals surface area contributed by atoms with E-state index in [0.29, 0.717) is 12.2 Å². The van der Waals surface area contributed by atoms with Crippen molar-refractivity contribution >= 4 is 11.9 Å². The third-order valence-electron chi connectivity index (χ3n) is 3.53. The maximum Gasteiger partial charge on any atom is 0.335 e. The highest BCUT2D eigenvalue weighted by Gasteiger charge is 2.21. The second-order valence-electron chi connectivity index (χ2n) is 6.47. The Labute approximate surface area is 135 Å². The Hall–Kier alpha value is -2.63. The van der Waals surface area contributed by atoms with E-state index in [4.69, 9.17) is 5.11 Å². The molecule has 2 N–H and O–H groups in total. The van der Waals surface area contributed by atoms with Crippen LogP contribution in [-0.2, 0) is 19.0 Å². The van der Waals surface area contributed by atoms with Crippen LogP contribution in [0, 0.1) is 0 Å². The van der Waals surface area contributed by atoms with Crippen molar-refractivity contribution in [3.05, 3.63) is 52.8 Å². The van der Waals surface area contributed by atoms with Crippen LogP contribution in [0.4, 0.5) is 0 Å². The van der Waals surface area contributed by atoms with Gasteiger partial charge in [0.2, 0.25) is 0 Å². The van der Waals surface area contributed by atoms with Gasteiger partial charge < -0.3 is 10.4 Å². The van der Waals surface area contributed by atoms with Crippen molar-refractivity contribution in [2.45, 2.75) is 32.7 Å². The number of carboxylic acid groups (broad SMARTS) is 1. The monoisotopic (exact) mass is 315 g/mol. The average molecular weight is 315 g/mol. The smallest absolute Gasteiger partial charge is 0.335 e. The Balaban J connectivity index is 2.05. The topological polar surface area (TPSA) is 84.2 Å². The third kappa shape index (κ3) is 3.97. The van der Waals surface area contributed by atoms with Gasteiger partial charge in [-0.15, -0.1) is 0 Å². The van der Waals surface area contributed by atoms with Gasteiger partial charge in [0.1, 0.15) is 5.69 Å². The molecule has 0 saturated carbocycles. The van der Waals surface area contributed by atoms with Crippen LogP contribution in [0.1, 0.15) is 52.9 Å². The molecular formula is C17H21N3O3. The van der Waals surface area contributed by atoms with Gasteiger partial charge in [-0.05, 0) is 23.8 Å². The molecule has 1 aromatic heterocycles. The Bertz CT molecular complexity index is 725. The second kappa shape index (κ2) is 6.24. The molecule has 6 nitrogen and oxygen atoms in total. The van der Waals surface area contributed by atoms with Crippen LogP contribution in [0.3, 0.4) is 0 Å². The Morgan fingerprint density at radius 2 is 1.83 bits per heavy atom. The fourth-order valence-electron chi connectivity index (χ4n) is 2.08. The van der Waals surface area contributed by atoms with Crippen molar-refractivity contribution in [3.63, 3.8) is 0 Å².